The van der Waals surface area contributed by atoms with Gasteiger partial charge in [0, 0.05) is 34.9 Å². The zero-order valence-corrected chi connectivity index (χ0v) is 19.1. The van der Waals surface area contributed by atoms with Crippen molar-refractivity contribution in [3.8, 4) is 5.75 Å². The van der Waals surface area contributed by atoms with Crippen LogP contribution in [0.1, 0.15) is 12.8 Å². The molecule has 164 valence electrons. The number of urea groups is 1. The van der Waals surface area contributed by atoms with Crippen molar-refractivity contribution in [1.82, 2.24) is 9.88 Å². The minimum atomic E-state index is -0.368. The van der Waals surface area contributed by atoms with Gasteiger partial charge in [-0.25, -0.2) is 4.79 Å². The van der Waals surface area contributed by atoms with Crippen molar-refractivity contribution >= 4 is 50.1 Å². The van der Waals surface area contributed by atoms with Crippen LogP contribution in [-0.2, 0) is 11.3 Å². The van der Waals surface area contributed by atoms with Gasteiger partial charge in [0.2, 0.25) is 5.91 Å². The van der Waals surface area contributed by atoms with Crippen LogP contribution in [0.5, 0.6) is 5.75 Å². The Bertz CT molecular complexity index is 1230. The molecule has 1 aliphatic heterocycles. The maximum absolute atomic E-state index is 12.7. The third-order valence-electron chi connectivity index (χ3n) is 5.16. The maximum atomic E-state index is 12.7. The highest BCUT2D eigenvalue weighted by molar-refractivity contribution is 9.10. The summed E-state index contributed by atoms with van der Waals surface area (Å²) in [6.07, 6.45) is 8.97. The molecular formula is C24H23BrN4O3. The molecule has 0 unspecified atom stereocenters. The van der Waals surface area contributed by atoms with Crippen molar-refractivity contribution in [3.05, 3.63) is 77.1 Å². The predicted octanol–water partition coefficient (Wildman–Crippen LogP) is 5.41. The quantitative estimate of drug-likeness (QED) is 0.443. The first-order valence-corrected chi connectivity index (χ1v) is 11.0. The van der Waals surface area contributed by atoms with Crippen molar-refractivity contribution in [2.75, 3.05) is 17.7 Å². The summed E-state index contributed by atoms with van der Waals surface area (Å²) in [7, 11) is 1.56. The van der Waals surface area contributed by atoms with Crippen molar-refractivity contribution in [2.24, 2.45) is 0 Å². The van der Waals surface area contributed by atoms with Crippen LogP contribution in [0.25, 0.3) is 10.9 Å². The predicted molar refractivity (Wildman–Crippen MR) is 130 cm³/mol. The van der Waals surface area contributed by atoms with Gasteiger partial charge in [-0.3, -0.25) is 4.79 Å². The van der Waals surface area contributed by atoms with Crippen LogP contribution in [0.2, 0.25) is 0 Å². The van der Waals surface area contributed by atoms with Gasteiger partial charge in [-0.2, -0.15) is 0 Å². The second-order valence-electron chi connectivity index (χ2n) is 7.36. The normalized spacial score (nSPS) is 16.3. The first-order chi connectivity index (χ1) is 15.5. The number of methoxy groups -OCH3 is 1. The van der Waals surface area contributed by atoms with Gasteiger partial charge in [0.1, 0.15) is 5.75 Å². The largest absolute Gasteiger partial charge is 0.495 e. The molecule has 2 heterocycles. The van der Waals surface area contributed by atoms with Gasteiger partial charge in [-0.05, 0) is 54.8 Å². The monoisotopic (exact) mass is 494 g/mol. The highest BCUT2D eigenvalue weighted by Crippen LogP contribution is 2.29. The highest BCUT2D eigenvalue weighted by Gasteiger charge is 2.12. The molecule has 0 bridgehead atoms. The Labute approximate surface area is 194 Å². The third kappa shape index (κ3) is 5.03. The van der Waals surface area contributed by atoms with Crippen LogP contribution in [0.3, 0.4) is 0 Å². The fourth-order valence-electron chi connectivity index (χ4n) is 3.66. The van der Waals surface area contributed by atoms with Crippen molar-refractivity contribution in [1.29, 1.82) is 0 Å². The lowest BCUT2D eigenvalue weighted by Crippen LogP contribution is -2.20. The lowest BCUT2D eigenvalue weighted by Gasteiger charge is -2.13. The van der Waals surface area contributed by atoms with Gasteiger partial charge < -0.3 is 25.3 Å². The van der Waals surface area contributed by atoms with E-state index in [4.69, 9.17) is 4.74 Å². The molecule has 0 radical (unpaired) electrons. The van der Waals surface area contributed by atoms with Crippen molar-refractivity contribution in [3.63, 3.8) is 0 Å². The Morgan fingerprint density at radius 1 is 1.19 bits per heavy atom. The minimum absolute atomic E-state index is 0.116. The Kier molecular flexibility index (Phi) is 6.61. The molecule has 0 saturated heterocycles. The number of ether oxygens (including phenoxy) is 1. The number of aromatic nitrogens is 1. The van der Waals surface area contributed by atoms with E-state index in [2.05, 4.69) is 36.4 Å². The topological polar surface area (TPSA) is 84.4 Å². The molecule has 7 nitrogen and oxygen atoms in total. The molecule has 1 aromatic heterocycles. The lowest BCUT2D eigenvalue weighted by molar-refractivity contribution is -0.115. The second kappa shape index (κ2) is 9.74. The molecule has 8 heteroatoms. The van der Waals surface area contributed by atoms with Crippen LogP contribution in [0, 0.1) is 0 Å². The average molecular weight is 495 g/mol. The summed E-state index contributed by atoms with van der Waals surface area (Å²) in [6.45, 7) is 0.607. The number of allylic oxidation sites excluding steroid dienone is 2. The first-order valence-electron chi connectivity index (χ1n) is 10.2. The Balaban J connectivity index is 1.53. The fourth-order valence-corrected chi connectivity index (χ4v) is 4.02. The summed E-state index contributed by atoms with van der Waals surface area (Å²) >= 11 is 3.41. The van der Waals surface area contributed by atoms with Crippen LogP contribution in [-0.4, -0.2) is 23.6 Å². The van der Waals surface area contributed by atoms with E-state index in [1.807, 2.05) is 42.6 Å². The summed E-state index contributed by atoms with van der Waals surface area (Å²) in [5.41, 5.74) is 3.27. The number of anilines is 2. The van der Waals surface area contributed by atoms with E-state index in [1.165, 1.54) is 0 Å². The minimum Gasteiger partial charge on any atom is -0.495 e. The fraction of sp³-hybridized carbons (Fsp3) is 0.167. The number of nitrogens with zero attached hydrogens (tertiary/aromatic N) is 1. The molecule has 32 heavy (non-hydrogen) atoms. The smallest absolute Gasteiger partial charge is 0.323 e. The number of nitrogens with one attached hydrogen (secondary N) is 3. The van der Waals surface area contributed by atoms with E-state index < -0.39 is 0 Å². The van der Waals surface area contributed by atoms with Gasteiger partial charge in [0.05, 0.1) is 24.0 Å². The molecule has 1 aliphatic rings. The van der Waals surface area contributed by atoms with Gasteiger partial charge in [0.25, 0.3) is 0 Å². The summed E-state index contributed by atoms with van der Waals surface area (Å²) in [5, 5.41) is 9.40. The summed E-state index contributed by atoms with van der Waals surface area (Å²) < 4.78 is 8.23. The first kappa shape index (κ1) is 21.7. The molecule has 2 aromatic carbocycles. The van der Waals surface area contributed by atoms with E-state index in [1.54, 1.807) is 31.5 Å². The number of carbonyl (C=O) groups excluding carboxylic acids is 2. The second-order valence-corrected chi connectivity index (χ2v) is 8.27. The van der Waals surface area contributed by atoms with Gasteiger partial charge >= 0.3 is 6.03 Å². The zero-order valence-electron chi connectivity index (χ0n) is 17.5. The number of rotatable bonds is 5. The molecule has 3 N–H and O–H groups in total. The summed E-state index contributed by atoms with van der Waals surface area (Å²) in [6, 6.07) is 12.8. The van der Waals surface area contributed by atoms with E-state index in [9.17, 15) is 9.59 Å². The number of amides is 3. The molecule has 0 atom stereocenters. The van der Waals surface area contributed by atoms with Gasteiger partial charge in [-0.1, -0.05) is 28.1 Å². The summed E-state index contributed by atoms with van der Waals surface area (Å²) in [5.74, 6) is 0.452. The SMILES string of the molecule is COc1ccc(Br)cc1NC(=O)Nc1cccc2c1ccn2C/C1=C/C(=O)N/C=C\CC1. The van der Waals surface area contributed by atoms with E-state index in [0.717, 1.165) is 33.8 Å². The Morgan fingerprint density at radius 2 is 2.03 bits per heavy atom. The summed E-state index contributed by atoms with van der Waals surface area (Å²) in [4.78, 5) is 24.6. The highest BCUT2D eigenvalue weighted by atomic mass is 79.9. The molecule has 0 aliphatic carbocycles. The average Bonchev–Trinajstić information content (AvgIpc) is 3.16. The zero-order chi connectivity index (χ0) is 22.5. The molecule has 0 saturated carbocycles. The van der Waals surface area contributed by atoms with Gasteiger partial charge in [-0.15, -0.1) is 0 Å². The van der Waals surface area contributed by atoms with Crippen molar-refractivity contribution in [2.45, 2.75) is 19.4 Å². The number of carbonyl (C=O) groups is 2. The number of fused-ring (bicyclic) bond motifs is 1. The van der Waals surface area contributed by atoms with E-state index in [0.29, 0.717) is 23.7 Å². The Hall–Kier alpha value is -3.52. The molecule has 3 aromatic rings. The van der Waals surface area contributed by atoms with Crippen LogP contribution < -0.4 is 20.7 Å². The van der Waals surface area contributed by atoms with Gasteiger partial charge in [0.15, 0.2) is 0 Å². The number of hydrogen-bond donors (Lipinski definition) is 3. The van der Waals surface area contributed by atoms with E-state index in [-0.39, 0.29) is 11.9 Å². The number of benzene rings is 2. The molecule has 0 spiro atoms. The van der Waals surface area contributed by atoms with Crippen LogP contribution in [0.15, 0.2) is 77.1 Å². The molecular weight excluding hydrogens is 472 g/mol. The number of halogens is 1. The standard InChI is InChI=1S/C24H23BrN4O3/c1-32-22-9-8-17(25)14-20(22)28-24(31)27-19-6-4-7-21-18(19)10-12-29(21)15-16-5-2-3-11-26-23(30)13-16/h3-4,6-14H,2,5,15H2,1H3,(H,26,30)(H2,27,28,31)/b11-3-,16-13+. The van der Waals surface area contributed by atoms with Crippen molar-refractivity contribution < 1.29 is 14.3 Å². The Morgan fingerprint density at radius 3 is 2.88 bits per heavy atom. The maximum Gasteiger partial charge on any atom is 0.323 e. The molecule has 0 fully saturated rings. The van der Waals surface area contributed by atoms with Crippen LogP contribution >= 0.6 is 15.9 Å². The molecule has 3 amide bonds. The number of hydrogen-bond acceptors (Lipinski definition) is 3. The van der Waals surface area contributed by atoms with E-state index >= 15 is 0 Å². The molecule has 4 rings (SSSR count). The van der Waals surface area contributed by atoms with Crippen LogP contribution in [0.4, 0.5) is 16.2 Å². The third-order valence-corrected chi connectivity index (χ3v) is 5.65. The lowest BCUT2D eigenvalue weighted by atomic mass is 10.1.